The highest BCUT2D eigenvalue weighted by Crippen LogP contribution is 2.20. The van der Waals surface area contributed by atoms with E-state index in [1.54, 1.807) is 0 Å². The van der Waals surface area contributed by atoms with E-state index in [0.29, 0.717) is 18.9 Å². The van der Waals surface area contributed by atoms with Crippen molar-refractivity contribution in [2.75, 3.05) is 6.61 Å². The normalized spacial score (nSPS) is 11.5. The van der Waals surface area contributed by atoms with Gasteiger partial charge in [-0.15, -0.1) is 0 Å². The van der Waals surface area contributed by atoms with Gasteiger partial charge in [0.15, 0.2) is 0 Å². The molecule has 0 rings (SSSR count). The van der Waals surface area contributed by atoms with E-state index < -0.39 is 0 Å². The molecule has 0 saturated carbocycles. The van der Waals surface area contributed by atoms with Crippen LogP contribution in [0, 0.1) is 5.92 Å². The minimum absolute atomic E-state index is 0.0515. The van der Waals surface area contributed by atoms with Crippen molar-refractivity contribution in [3.63, 3.8) is 0 Å². The van der Waals surface area contributed by atoms with Crippen molar-refractivity contribution in [3.8, 4) is 0 Å². The molecular weight excluding hydrogens is 464 g/mol. The smallest absolute Gasteiger partial charge is 0.305 e. The molecule has 2 heteroatoms. The maximum atomic E-state index is 12.4. The van der Waals surface area contributed by atoms with Crippen molar-refractivity contribution >= 4 is 5.97 Å². The van der Waals surface area contributed by atoms with Crippen molar-refractivity contribution in [1.82, 2.24) is 0 Å². The number of unbranched alkanes of at least 4 members (excludes halogenated alkanes) is 24. The van der Waals surface area contributed by atoms with Crippen LogP contribution in [0.25, 0.3) is 0 Å². The average molecular weight is 537 g/mol. The Kier molecular flexibility index (Phi) is 32.2. The third-order valence-corrected chi connectivity index (χ3v) is 8.40. The first-order chi connectivity index (χ1) is 18.7. The third kappa shape index (κ3) is 30.0. The summed E-state index contributed by atoms with van der Waals surface area (Å²) in [6.45, 7) is 7.52. The van der Waals surface area contributed by atoms with Crippen LogP contribution in [0.15, 0.2) is 0 Å². The Balaban J connectivity index is 3.74. The first kappa shape index (κ1) is 37.5. The van der Waals surface area contributed by atoms with Crippen LogP contribution >= 0.6 is 0 Å². The van der Waals surface area contributed by atoms with Crippen LogP contribution in [0.4, 0.5) is 0 Å². The van der Waals surface area contributed by atoms with E-state index in [4.69, 9.17) is 4.74 Å². The summed E-state index contributed by atoms with van der Waals surface area (Å²) in [7, 11) is 0. The molecule has 0 unspecified atom stereocenters. The van der Waals surface area contributed by atoms with E-state index in [-0.39, 0.29) is 5.97 Å². The summed E-state index contributed by atoms with van der Waals surface area (Å²) in [6, 6.07) is 0. The highest BCUT2D eigenvalue weighted by molar-refractivity contribution is 5.69. The molecule has 38 heavy (non-hydrogen) atoms. The van der Waals surface area contributed by atoms with E-state index in [0.717, 1.165) is 6.42 Å². The number of hydrogen-bond donors (Lipinski definition) is 0. The lowest BCUT2D eigenvalue weighted by Gasteiger charge is -2.17. The van der Waals surface area contributed by atoms with Gasteiger partial charge in [0, 0.05) is 6.42 Å². The van der Waals surface area contributed by atoms with Crippen LogP contribution in [0.5, 0.6) is 0 Å². The SMILES string of the molecule is CCCCCCCCCCCCCCCCCC(=O)OCC(CCCCCCCC)CCCCCCCC. The molecule has 0 aromatic carbocycles. The van der Waals surface area contributed by atoms with Crippen molar-refractivity contribution in [1.29, 1.82) is 0 Å². The maximum Gasteiger partial charge on any atom is 0.305 e. The highest BCUT2D eigenvalue weighted by atomic mass is 16.5. The van der Waals surface area contributed by atoms with E-state index in [1.807, 2.05) is 0 Å². The Morgan fingerprint density at radius 3 is 1.05 bits per heavy atom. The zero-order chi connectivity index (χ0) is 27.8. The number of hydrogen-bond acceptors (Lipinski definition) is 2. The second kappa shape index (κ2) is 32.7. The number of ether oxygens (including phenoxy) is 1. The largest absolute Gasteiger partial charge is 0.465 e. The standard InChI is InChI=1S/C36H72O2/c1-4-7-10-13-16-17-18-19-20-21-22-23-24-27-30-33-36(37)38-34-35(31-28-25-14-11-8-5-2)32-29-26-15-12-9-6-3/h35H,4-34H2,1-3H3. The molecule has 0 heterocycles. The topological polar surface area (TPSA) is 26.3 Å². The summed E-state index contributed by atoms with van der Waals surface area (Å²) < 4.78 is 5.78. The lowest BCUT2D eigenvalue weighted by atomic mass is 9.94. The van der Waals surface area contributed by atoms with E-state index in [1.165, 1.54) is 180 Å². The molecule has 0 spiro atoms. The van der Waals surface area contributed by atoms with Gasteiger partial charge in [0.2, 0.25) is 0 Å². The second-order valence-electron chi connectivity index (χ2n) is 12.4. The Morgan fingerprint density at radius 2 is 0.711 bits per heavy atom. The van der Waals surface area contributed by atoms with Gasteiger partial charge < -0.3 is 4.74 Å². The van der Waals surface area contributed by atoms with Crippen LogP contribution in [0.1, 0.15) is 213 Å². The monoisotopic (exact) mass is 537 g/mol. The quantitative estimate of drug-likeness (QED) is 0.0631. The number of carbonyl (C=O) groups excluding carboxylic acids is 1. The molecule has 0 saturated heterocycles. The van der Waals surface area contributed by atoms with Gasteiger partial charge in [-0.05, 0) is 25.2 Å². The summed E-state index contributed by atoms with van der Waals surface area (Å²) in [5, 5.41) is 0. The minimum atomic E-state index is 0.0515. The summed E-state index contributed by atoms with van der Waals surface area (Å²) >= 11 is 0. The Morgan fingerprint density at radius 1 is 0.421 bits per heavy atom. The lowest BCUT2D eigenvalue weighted by molar-refractivity contribution is -0.145. The molecule has 0 amide bonds. The van der Waals surface area contributed by atoms with Crippen molar-refractivity contribution in [3.05, 3.63) is 0 Å². The summed E-state index contributed by atoms with van der Waals surface area (Å²) in [6.07, 6.45) is 39.7. The average Bonchev–Trinajstić information content (AvgIpc) is 2.92. The number of carbonyl (C=O) groups is 1. The predicted molar refractivity (Wildman–Crippen MR) is 170 cm³/mol. The van der Waals surface area contributed by atoms with Gasteiger partial charge in [-0.3, -0.25) is 4.79 Å². The third-order valence-electron chi connectivity index (χ3n) is 8.40. The molecule has 228 valence electrons. The fraction of sp³-hybridized carbons (Fsp3) is 0.972. The molecule has 0 radical (unpaired) electrons. The zero-order valence-corrected chi connectivity index (χ0v) is 26.8. The van der Waals surface area contributed by atoms with Crippen molar-refractivity contribution < 1.29 is 9.53 Å². The first-order valence-corrected chi connectivity index (χ1v) is 17.9. The predicted octanol–water partition coefficient (Wildman–Crippen LogP) is 12.9. The highest BCUT2D eigenvalue weighted by Gasteiger charge is 2.12. The maximum absolute atomic E-state index is 12.4. The molecule has 0 aromatic rings. The summed E-state index contributed by atoms with van der Waals surface area (Å²) in [4.78, 5) is 12.4. The Bertz CT molecular complexity index is 431. The molecule has 0 N–H and O–H groups in total. The van der Waals surface area contributed by atoms with E-state index >= 15 is 0 Å². The van der Waals surface area contributed by atoms with Crippen LogP contribution in [-0.2, 0) is 9.53 Å². The minimum Gasteiger partial charge on any atom is -0.465 e. The van der Waals surface area contributed by atoms with Gasteiger partial charge in [-0.1, -0.05) is 188 Å². The second-order valence-corrected chi connectivity index (χ2v) is 12.4. The zero-order valence-electron chi connectivity index (χ0n) is 26.8. The fourth-order valence-electron chi connectivity index (χ4n) is 5.66. The van der Waals surface area contributed by atoms with Crippen molar-refractivity contribution in [2.45, 2.75) is 213 Å². The molecule has 0 aliphatic carbocycles. The lowest BCUT2D eigenvalue weighted by Crippen LogP contribution is -2.14. The van der Waals surface area contributed by atoms with Gasteiger partial charge in [0.25, 0.3) is 0 Å². The summed E-state index contributed by atoms with van der Waals surface area (Å²) in [5.41, 5.74) is 0. The van der Waals surface area contributed by atoms with Gasteiger partial charge in [0.1, 0.15) is 0 Å². The van der Waals surface area contributed by atoms with E-state index in [2.05, 4.69) is 20.8 Å². The first-order valence-electron chi connectivity index (χ1n) is 17.9. The van der Waals surface area contributed by atoms with E-state index in [9.17, 15) is 4.79 Å². The van der Waals surface area contributed by atoms with Crippen LogP contribution in [0.2, 0.25) is 0 Å². The molecule has 0 aromatic heterocycles. The van der Waals surface area contributed by atoms with Crippen LogP contribution in [-0.4, -0.2) is 12.6 Å². The van der Waals surface area contributed by atoms with Gasteiger partial charge in [-0.25, -0.2) is 0 Å². The molecule has 2 nitrogen and oxygen atoms in total. The number of esters is 1. The Labute approximate surface area is 241 Å². The van der Waals surface area contributed by atoms with Crippen LogP contribution in [0.3, 0.4) is 0 Å². The molecule has 0 aliphatic rings. The van der Waals surface area contributed by atoms with Gasteiger partial charge >= 0.3 is 5.97 Å². The van der Waals surface area contributed by atoms with Gasteiger partial charge in [0.05, 0.1) is 6.61 Å². The van der Waals surface area contributed by atoms with Crippen LogP contribution < -0.4 is 0 Å². The molecule has 0 atom stereocenters. The Hall–Kier alpha value is -0.530. The van der Waals surface area contributed by atoms with Gasteiger partial charge in [-0.2, -0.15) is 0 Å². The molecular formula is C36H72O2. The molecule has 0 aliphatic heterocycles. The van der Waals surface area contributed by atoms with Crippen molar-refractivity contribution in [2.24, 2.45) is 5.92 Å². The fourth-order valence-corrected chi connectivity index (χ4v) is 5.66. The molecule has 0 bridgehead atoms. The number of rotatable bonds is 32. The molecule has 0 fully saturated rings. The summed E-state index contributed by atoms with van der Waals surface area (Å²) in [5.74, 6) is 0.632.